The molecule has 112 valence electrons. The molecule has 0 amide bonds. The third-order valence-electron chi connectivity index (χ3n) is 2.53. The summed E-state index contributed by atoms with van der Waals surface area (Å²) in [7, 11) is -2.39. The van der Waals surface area contributed by atoms with Crippen LogP contribution in [0.4, 0.5) is 15.8 Å². The van der Waals surface area contributed by atoms with Crippen molar-refractivity contribution >= 4 is 44.6 Å². The fourth-order valence-electron chi connectivity index (χ4n) is 1.61. The average Bonchev–Trinajstić information content (AvgIpc) is 2.44. The fourth-order valence-corrected chi connectivity index (χ4v) is 3.28. The van der Waals surface area contributed by atoms with Crippen LogP contribution in [0.2, 0.25) is 10.0 Å². The zero-order chi connectivity index (χ0) is 15.6. The van der Waals surface area contributed by atoms with Crippen LogP contribution in [0.3, 0.4) is 0 Å². The van der Waals surface area contributed by atoms with Crippen LogP contribution >= 0.6 is 23.2 Å². The molecule has 0 bridgehead atoms. The summed E-state index contributed by atoms with van der Waals surface area (Å²) in [5.74, 6) is -0.810. The van der Waals surface area contributed by atoms with Crippen molar-refractivity contribution in [2.75, 3.05) is 17.1 Å². The van der Waals surface area contributed by atoms with Crippen LogP contribution in [-0.2, 0) is 10.0 Å². The van der Waals surface area contributed by atoms with Crippen LogP contribution in [-0.4, -0.2) is 20.4 Å². The van der Waals surface area contributed by atoms with Gasteiger partial charge in [0.1, 0.15) is 0 Å². The van der Waals surface area contributed by atoms with E-state index in [1.807, 2.05) is 0 Å². The van der Waals surface area contributed by atoms with E-state index in [-0.39, 0.29) is 20.8 Å². The molecule has 21 heavy (non-hydrogen) atoms. The van der Waals surface area contributed by atoms with Crippen molar-refractivity contribution in [1.29, 1.82) is 0 Å². The molecule has 0 unspecified atom stereocenters. The molecule has 0 radical (unpaired) electrons. The molecular formula is C12H10Cl2FN3O2S. The van der Waals surface area contributed by atoms with E-state index in [2.05, 4.69) is 15.0 Å². The van der Waals surface area contributed by atoms with Crippen molar-refractivity contribution in [3.8, 4) is 0 Å². The Labute approximate surface area is 131 Å². The summed E-state index contributed by atoms with van der Waals surface area (Å²) in [4.78, 5) is 3.83. The first kappa shape index (κ1) is 15.8. The number of anilines is 2. The van der Waals surface area contributed by atoms with Crippen molar-refractivity contribution in [2.24, 2.45) is 0 Å². The van der Waals surface area contributed by atoms with Crippen LogP contribution in [0.15, 0.2) is 35.5 Å². The Morgan fingerprint density at radius 2 is 1.86 bits per heavy atom. The molecule has 0 aliphatic carbocycles. The Morgan fingerprint density at radius 3 is 2.43 bits per heavy atom. The highest BCUT2D eigenvalue weighted by Gasteiger charge is 2.20. The van der Waals surface area contributed by atoms with Crippen LogP contribution < -0.4 is 10.0 Å². The van der Waals surface area contributed by atoms with E-state index in [9.17, 15) is 12.8 Å². The van der Waals surface area contributed by atoms with E-state index in [1.165, 1.54) is 6.20 Å². The molecule has 0 saturated carbocycles. The van der Waals surface area contributed by atoms with E-state index in [1.54, 1.807) is 19.2 Å². The highest BCUT2D eigenvalue weighted by molar-refractivity contribution is 7.92. The van der Waals surface area contributed by atoms with E-state index >= 15 is 0 Å². The number of hydrogen-bond acceptors (Lipinski definition) is 4. The van der Waals surface area contributed by atoms with Gasteiger partial charge in [0.15, 0.2) is 10.8 Å². The molecule has 0 aliphatic rings. The van der Waals surface area contributed by atoms with Gasteiger partial charge in [-0.2, -0.15) is 8.42 Å². The third-order valence-corrected chi connectivity index (χ3v) is 4.42. The lowest BCUT2D eigenvalue weighted by atomic mass is 10.3. The first-order valence-corrected chi connectivity index (χ1v) is 7.89. The quantitative estimate of drug-likeness (QED) is 0.830. The van der Waals surface area contributed by atoms with Gasteiger partial charge in [-0.05, 0) is 24.3 Å². The molecule has 2 rings (SSSR count). The topological polar surface area (TPSA) is 71.1 Å². The second kappa shape index (κ2) is 6.05. The molecule has 1 aromatic heterocycles. The average molecular weight is 350 g/mol. The van der Waals surface area contributed by atoms with Crippen molar-refractivity contribution in [1.82, 2.24) is 4.98 Å². The molecule has 0 atom stereocenters. The predicted octanol–water partition coefficient (Wildman–Crippen LogP) is 3.37. The Hall–Kier alpha value is -1.57. The summed E-state index contributed by atoms with van der Waals surface area (Å²) in [5.41, 5.74) is 0.364. The van der Waals surface area contributed by atoms with Gasteiger partial charge in [-0.25, -0.2) is 9.37 Å². The van der Waals surface area contributed by atoms with E-state index in [4.69, 9.17) is 23.2 Å². The second-order valence-electron chi connectivity index (χ2n) is 3.97. The van der Waals surface area contributed by atoms with Crippen LogP contribution in [0.25, 0.3) is 0 Å². The van der Waals surface area contributed by atoms with Crippen molar-refractivity contribution in [3.63, 3.8) is 0 Å². The Bertz CT molecular complexity index is 761. The first-order valence-electron chi connectivity index (χ1n) is 5.65. The van der Waals surface area contributed by atoms with E-state index in [0.717, 1.165) is 12.1 Å². The lowest BCUT2D eigenvalue weighted by molar-refractivity contribution is 0.598. The summed E-state index contributed by atoms with van der Waals surface area (Å²) in [6.07, 6.45) is 1.35. The minimum absolute atomic E-state index is 0.0408. The lowest BCUT2D eigenvalue weighted by Gasteiger charge is -2.11. The molecule has 0 spiro atoms. The zero-order valence-corrected chi connectivity index (χ0v) is 13.0. The summed E-state index contributed by atoms with van der Waals surface area (Å²) in [6.45, 7) is 0. The minimum atomic E-state index is -3.97. The summed E-state index contributed by atoms with van der Waals surface area (Å²) >= 11 is 11.3. The van der Waals surface area contributed by atoms with Gasteiger partial charge in [-0.1, -0.05) is 23.2 Å². The summed E-state index contributed by atoms with van der Waals surface area (Å²) in [6, 6.07) is 5.41. The van der Waals surface area contributed by atoms with Gasteiger partial charge in [0.25, 0.3) is 10.0 Å². The van der Waals surface area contributed by atoms with Crippen LogP contribution in [0.5, 0.6) is 0 Å². The van der Waals surface area contributed by atoms with Gasteiger partial charge in [-0.3, -0.25) is 4.72 Å². The Balaban J connectivity index is 2.42. The van der Waals surface area contributed by atoms with E-state index < -0.39 is 15.8 Å². The number of aromatic nitrogens is 1. The van der Waals surface area contributed by atoms with Gasteiger partial charge >= 0.3 is 0 Å². The molecule has 9 heteroatoms. The van der Waals surface area contributed by atoms with Crippen molar-refractivity contribution < 1.29 is 12.8 Å². The number of hydrogen-bond donors (Lipinski definition) is 2. The maximum Gasteiger partial charge on any atom is 0.281 e. The standard InChI is InChI=1S/C12H10Cl2FN3O2S/c1-16-10-3-2-4-17-12(10)21(19,20)18-7-5-8(13)11(15)9(14)6-7/h2-6,16,18H,1H3. The number of halogens is 3. The van der Waals surface area contributed by atoms with Gasteiger partial charge in [-0.15, -0.1) is 0 Å². The number of sulfonamides is 1. The number of nitrogens with one attached hydrogen (secondary N) is 2. The number of nitrogens with zero attached hydrogens (tertiary/aromatic N) is 1. The minimum Gasteiger partial charge on any atom is -0.386 e. The molecule has 0 fully saturated rings. The van der Waals surface area contributed by atoms with Gasteiger partial charge in [0, 0.05) is 13.2 Å². The molecule has 1 heterocycles. The summed E-state index contributed by atoms with van der Waals surface area (Å²) < 4.78 is 40.2. The van der Waals surface area contributed by atoms with Crippen molar-refractivity contribution in [2.45, 2.75) is 5.03 Å². The highest BCUT2D eigenvalue weighted by atomic mass is 35.5. The zero-order valence-electron chi connectivity index (χ0n) is 10.7. The van der Waals surface area contributed by atoms with Gasteiger partial charge in [0.05, 0.1) is 21.4 Å². The maximum atomic E-state index is 13.3. The third kappa shape index (κ3) is 3.37. The molecule has 5 nitrogen and oxygen atoms in total. The highest BCUT2D eigenvalue weighted by Crippen LogP contribution is 2.29. The van der Waals surface area contributed by atoms with Crippen molar-refractivity contribution in [3.05, 3.63) is 46.3 Å². The van der Waals surface area contributed by atoms with Crippen LogP contribution in [0.1, 0.15) is 0 Å². The molecule has 0 saturated heterocycles. The Kier molecular flexibility index (Phi) is 4.55. The molecule has 2 aromatic rings. The largest absolute Gasteiger partial charge is 0.386 e. The fraction of sp³-hybridized carbons (Fsp3) is 0.0833. The van der Waals surface area contributed by atoms with Gasteiger partial charge in [0.2, 0.25) is 0 Å². The van der Waals surface area contributed by atoms with Gasteiger partial charge < -0.3 is 5.32 Å². The normalized spacial score (nSPS) is 11.2. The SMILES string of the molecule is CNc1cccnc1S(=O)(=O)Nc1cc(Cl)c(F)c(Cl)c1. The molecule has 1 aromatic carbocycles. The number of pyridine rings is 1. The lowest BCUT2D eigenvalue weighted by Crippen LogP contribution is -2.16. The summed E-state index contributed by atoms with van der Waals surface area (Å²) in [5, 5.41) is 1.97. The number of rotatable bonds is 4. The Morgan fingerprint density at radius 1 is 1.24 bits per heavy atom. The predicted molar refractivity (Wildman–Crippen MR) is 81.0 cm³/mol. The first-order chi connectivity index (χ1) is 9.85. The molecule has 0 aliphatic heterocycles. The second-order valence-corrected chi connectivity index (χ2v) is 6.38. The molecule has 2 N–H and O–H groups in total. The van der Waals surface area contributed by atoms with E-state index in [0.29, 0.717) is 5.69 Å². The van der Waals surface area contributed by atoms with Crippen LogP contribution in [0, 0.1) is 5.82 Å². The monoisotopic (exact) mass is 349 g/mol. The molecular weight excluding hydrogens is 340 g/mol. The maximum absolute atomic E-state index is 13.3. The smallest absolute Gasteiger partial charge is 0.281 e. The number of benzene rings is 1.